The predicted molar refractivity (Wildman–Crippen MR) is 72.7 cm³/mol. The van der Waals surface area contributed by atoms with Crippen molar-refractivity contribution in [2.24, 2.45) is 0 Å². The molecular weight excluding hydrogens is 262 g/mol. The van der Waals surface area contributed by atoms with Crippen LogP contribution in [0.15, 0.2) is 39.5 Å². The predicted octanol–water partition coefficient (Wildman–Crippen LogP) is 0.530. The molecule has 0 fully saturated rings. The zero-order valence-corrected chi connectivity index (χ0v) is 11.0. The fourth-order valence-corrected chi connectivity index (χ4v) is 1.76. The van der Waals surface area contributed by atoms with Gasteiger partial charge in [0.2, 0.25) is 0 Å². The van der Waals surface area contributed by atoms with E-state index in [0.717, 1.165) is 6.07 Å². The molecule has 6 heteroatoms. The zero-order chi connectivity index (χ0) is 14.5. The van der Waals surface area contributed by atoms with Gasteiger partial charge in [0.1, 0.15) is 5.58 Å². The van der Waals surface area contributed by atoms with E-state index in [1.807, 2.05) is 0 Å². The number of ether oxygens (including phenoxy) is 1. The molecule has 0 aliphatic rings. The number of hydrogen-bond donors (Lipinski definition) is 2. The first kappa shape index (κ1) is 14.2. The number of benzene rings is 1. The lowest BCUT2D eigenvalue weighted by molar-refractivity contribution is 0.0603. The number of hydrogen-bond acceptors (Lipinski definition) is 5. The van der Waals surface area contributed by atoms with Crippen molar-refractivity contribution in [1.29, 1.82) is 0 Å². The Morgan fingerprint density at radius 3 is 2.95 bits per heavy atom. The number of amides is 1. The maximum absolute atomic E-state index is 11.9. The summed E-state index contributed by atoms with van der Waals surface area (Å²) in [5, 5.41) is 12.3. The van der Waals surface area contributed by atoms with Gasteiger partial charge in [0.15, 0.2) is 11.2 Å². The number of para-hydroxylation sites is 1. The maximum Gasteiger partial charge on any atom is 0.287 e. The number of aliphatic hydroxyl groups is 1. The first-order valence-electron chi connectivity index (χ1n) is 6.10. The number of aliphatic hydroxyl groups excluding tert-OH is 1. The molecule has 1 heterocycles. The van der Waals surface area contributed by atoms with Crippen LogP contribution < -0.4 is 10.7 Å². The van der Waals surface area contributed by atoms with E-state index in [4.69, 9.17) is 9.15 Å². The number of methoxy groups -OCH3 is 1. The van der Waals surface area contributed by atoms with Crippen LogP contribution in [0.3, 0.4) is 0 Å². The molecule has 0 aliphatic heterocycles. The van der Waals surface area contributed by atoms with E-state index in [1.165, 1.54) is 7.11 Å². The van der Waals surface area contributed by atoms with Crippen LogP contribution in [-0.2, 0) is 4.74 Å². The summed E-state index contributed by atoms with van der Waals surface area (Å²) >= 11 is 0. The van der Waals surface area contributed by atoms with Crippen molar-refractivity contribution in [2.75, 3.05) is 20.3 Å². The topological polar surface area (TPSA) is 88.8 Å². The molecule has 1 amide bonds. The highest BCUT2D eigenvalue weighted by Gasteiger charge is 2.13. The Hall–Kier alpha value is -2.18. The minimum atomic E-state index is -0.809. The van der Waals surface area contributed by atoms with E-state index in [0.29, 0.717) is 11.0 Å². The van der Waals surface area contributed by atoms with E-state index >= 15 is 0 Å². The summed E-state index contributed by atoms with van der Waals surface area (Å²) in [5.41, 5.74) is 0.0667. The maximum atomic E-state index is 11.9. The van der Waals surface area contributed by atoms with Gasteiger partial charge in [0, 0.05) is 19.7 Å². The number of rotatable bonds is 5. The monoisotopic (exact) mass is 277 g/mol. The second-order valence-electron chi connectivity index (χ2n) is 4.29. The molecule has 1 unspecified atom stereocenters. The molecule has 0 aliphatic carbocycles. The Morgan fingerprint density at radius 1 is 1.45 bits per heavy atom. The van der Waals surface area contributed by atoms with Crippen LogP contribution in [0.2, 0.25) is 0 Å². The van der Waals surface area contributed by atoms with E-state index in [2.05, 4.69) is 5.32 Å². The standard InChI is InChI=1S/C14H15NO5/c1-19-8-9(16)7-15-14(18)13-6-11(17)10-4-2-3-5-12(10)20-13/h2-6,9,16H,7-8H2,1H3,(H,15,18). The zero-order valence-electron chi connectivity index (χ0n) is 11.0. The number of fused-ring (bicyclic) bond motifs is 1. The van der Waals surface area contributed by atoms with Gasteiger partial charge in [0.25, 0.3) is 5.91 Å². The number of nitrogens with one attached hydrogen (secondary N) is 1. The Bertz CT molecular complexity index is 664. The van der Waals surface area contributed by atoms with Crippen LogP contribution in [0, 0.1) is 0 Å². The van der Waals surface area contributed by atoms with Gasteiger partial charge >= 0.3 is 0 Å². The van der Waals surface area contributed by atoms with Crippen LogP contribution in [0.25, 0.3) is 11.0 Å². The third-order valence-electron chi connectivity index (χ3n) is 2.72. The molecule has 2 N–H and O–H groups in total. The normalized spacial score (nSPS) is 12.3. The molecule has 1 atom stereocenters. The molecule has 0 radical (unpaired) electrons. The molecule has 2 rings (SSSR count). The van der Waals surface area contributed by atoms with Crippen LogP contribution >= 0.6 is 0 Å². The molecule has 1 aromatic carbocycles. The first-order valence-corrected chi connectivity index (χ1v) is 6.10. The third-order valence-corrected chi connectivity index (χ3v) is 2.72. The molecule has 106 valence electrons. The van der Waals surface area contributed by atoms with Gasteiger partial charge in [-0.05, 0) is 12.1 Å². The molecular formula is C14H15NO5. The van der Waals surface area contributed by atoms with Gasteiger partial charge < -0.3 is 19.6 Å². The van der Waals surface area contributed by atoms with Crippen LogP contribution in [0.4, 0.5) is 0 Å². The minimum absolute atomic E-state index is 0.0171. The lowest BCUT2D eigenvalue weighted by Gasteiger charge is -2.10. The van der Waals surface area contributed by atoms with E-state index in [-0.39, 0.29) is 24.3 Å². The number of carbonyl (C=O) groups excluding carboxylic acids is 1. The van der Waals surface area contributed by atoms with Gasteiger partial charge in [-0.25, -0.2) is 0 Å². The van der Waals surface area contributed by atoms with Gasteiger partial charge in [-0.2, -0.15) is 0 Å². The lowest BCUT2D eigenvalue weighted by Crippen LogP contribution is -2.34. The third kappa shape index (κ3) is 3.23. The fourth-order valence-electron chi connectivity index (χ4n) is 1.76. The Balaban J connectivity index is 2.16. The second-order valence-corrected chi connectivity index (χ2v) is 4.29. The molecule has 2 aromatic rings. The minimum Gasteiger partial charge on any atom is -0.451 e. The van der Waals surface area contributed by atoms with Crippen LogP contribution in [0.5, 0.6) is 0 Å². The van der Waals surface area contributed by atoms with E-state index in [9.17, 15) is 14.7 Å². The van der Waals surface area contributed by atoms with Crippen molar-refractivity contribution < 1.29 is 19.1 Å². The van der Waals surface area contributed by atoms with Crippen molar-refractivity contribution in [1.82, 2.24) is 5.32 Å². The van der Waals surface area contributed by atoms with Crippen molar-refractivity contribution in [3.8, 4) is 0 Å². The summed E-state index contributed by atoms with van der Waals surface area (Å²) in [6.07, 6.45) is -0.809. The summed E-state index contributed by atoms with van der Waals surface area (Å²) < 4.78 is 10.1. The molecule has 0 saturated carbocycles. The van der Waals surface area contributed by atoms with Crippen molar-refractivity contribution in [3.63, 3.8) is 0 Å². The number of carbonyl (C=O) groups is 1. The molecule has 1 aromatic heterocycles. The Labute approximate surface area is 115 Å². The van der Waals surface area contributed by atoms with Gasteiger partial charge in [-0.1, -0.05) is 12.1 Å². The summed E-state index contributed by atoms with van der Waals surface area (Å²) in [6, 6.07) is 7.83. The van der Waals surface area contributed by atoms with E-state index < -0.39 is 12.0 Å². The van der Waals surface area contributed by atoms with Gasteiger partial charge in [-0.3, -0.25) is 9.59 Å². The second kappa shape index (κ2) is 6.31. The summed E-state index contributed by atoms with van der Waals surface area (Å²) in [5.74, 6) is -0.638. The van der Waals surface area contributed by atoms with Crippen LogP contribution in [0.1, 0.15) is 10.6 Å². The average molecular weight is 277 g/mol. The van der Waals surface area contributed by atoms with Crippen molar-refractivity contribution in [3.05, 3.63) is 46.3 Å². The van der Waals surface area contributed by atoms with Gasteiger partial charge in [0.05, 0.1) is 18.1 Å². The smallest absolute Gasteiger partial charge is 0.287 e. The molecule has 0 saturated heterocycles. The quantitative estimate of drug-likeness (QED) is 0.832. The van der Waals surface area contributed by atoms with Crippen molar-refractivity contribution >= 4 is 16.9 Å². The van der Waals surface area contributed by atoms with E-state index in [1.54, 1.807) is 24.3 Å². The average Bonchev–Trinajstić information content (AvgIpc) is 2.45. The van der Waals surface area contributed by atoms with Gasteiger partial charge in [-0.15, -0.1) is 0 Å². The molecule has 6 nitrogen and oxygen atoms in total. The summed E-state index contributed by atoms with van der Waals surface area (Å²) in [4.78, 5) is 23.7. The highest BCUT2D eigenvalue weighted by molar-refractivity contribution is 5.93. The summed E-state index contributed by atoms with van der Waals surface area (Å²) in [6.45, 7) is 0.130. The Morgan fingerprint density at radius 2 is 2.20 bits per heavy atom. The fraction of sp³-hybridized carbons (Fsp3) is 0.286. The SMILES string of the molecule is COCC(O)CNC(=O)c1cc(=O)c2ccccc2o1. The Kier molecular flexibility index (Phi) is 4.49. The molecule has 0 spiro atoms. The van der Waals surface area contributed by atoms with Crippen molar-refractivity contribution in [2.45, 2.75) is 6.10 Å². The molecule has 0 bridgehead atoms. The first-order chi connectivity index (χ1) is 9.61. The lowest BCUT2D eigenvalue weighted by atomic mass is 10.2. The highest BCUT2D eigenvalue weighted by atomic mass is 16.5. The summed E-state index contributed by atoms with van der Waals surface area (Å²) in [7, 11) is 1.45. The largest absolute Gasteiger partial charge is 0.451 e. The highest BCUT2D eigenvalue weighted by Crippen LogP contribution is 2.11. The van der Waals surface area contributed by atoms with Crippen LogP contribution in [-0.4, -0.2) is 37.4 Å². The molecule has 20 heavy (non-hydrogen) atoms.